The van der Waals surface area contributed by atoms with Crippen LogP contribution < -0.4 is 14.4 Å². The van der Waals surface area contributed by atoms with E-state index in [1.807, 2.05) is 7.05 Å². The molecule has 0 radical (unpaired) electrons. The summed E-state index contributed by atoms with van der Waals surface area (Å²) in [7, 11) is 1.49. The molecule has 9 heteroatoms. The van der Waals surface area contributed by atoms with Crippen LogP contribution in [0.15, 0.2) is 46.0 Å². The Morgan fingerprint density at radius 2 is 1.88 bits per heavy atom. The molecule has 0 bridgehead atoms. The monoisotopic (exact) mass is 397 g/mol. The lowest BCUT2D eigenvalue weighted by atomic mass is 10.3. The molecule has 26 heavy (non-hydrogen) atoms. The van der Waals surface area contributed by atoms with Crippen LogP contribution in [0.2, 0.25) is 0 Å². The number of nitrogens with zero attached hydrogens (tertiary/aromatic N) is 2. The van der Waals surface area contributed by atoms with Crippen LogP contribution in [0, 0.1) is 0 Å². The van der Waals surface area contributed by atoms with Gasteiger partial charge in [0.25, 0.3) is 15.9 Å². The lowest BCUT2D eigenvalue weighted by Crippen LogP contribution is -2.35. The van der Waals surface area contributed by atoms with Crippen LogP contribution in [0.25, 0.3) is 0 Å². The zero-order valence-electron chi connectivity index (χ0n) is 15.0. The quantitative estimate of drug-likeness (QED) is 0.696. The van der Waals surface area contributed by atoms with E-state index in [1.54, 1.807) is 53.7 Å². The number of nitrogens with one attached hydrogen (secondary N) is 1. The van der Waals surface area contributed by atoms with Gasteiger partial charge >= 0.3 is 0 Å². The van der Waals surface area contributed by atoms with Gasteiger partial charge in [-0.3, -0.25) is 9.10 Å². The first-order valence-electron chi connectivity index (χ1n) is 8.00. The highest BCUT2D eigenvalue weighted by Crippen LogP contribution is 2.26. The molecule has 1 amide bonds. The van der Waals surface area contributed by atoms with Crippen LogP contribution in [0.4, 0.5) is 5.69 Å². The summed E-state index contributed by atoms with van der Waals surface area (Å²) >= 11 is 1.17. The van der Waals surface area contributed by atoms with Crippen molar-refractivity contribution in [3.8, 4) is 5.75 Å². The fourth-order valence-electron chi connectivity index (χ4n) is 2.10. The molecule has 1 N–H and O–H groups in total. The Hall–Kier alpha value is -2.10. The van der Waals surface area contributed by atoms with Crippen molar-refractivity contribution in [1.82, 2.24) is 10.2 Å². The van der Waals surface area contributed by atoms with Crippen LogP contribution in [0.3, 0.4) is 0 Å². The summed E-state index contributed by atoms with van der Waals surface area (Å²) in [6.45, 7) is 1.24. The molecule has 1 aromatic carbocycles. The summed E-state index contributed by atoms with van der Waals surface area (Å²) in [5.74, 6) is 0.382. The Morgan fingerprint density at radius 1 is 1.19 bits per heavy atom. The van der Waals surface area contributed by atoms with Crippen molar-refractivity contribution in [3.63, 3.8) is 0 Å². The van der Waals surface area contributed by atoms with Crippen molar-refractivity contribution in [1.29, 1.82) is 0 Å². The van der Waals surface area contributed by atoms with E-state index in [2.05, 4.69) is 5.32 Å². The number of ether oxygens (including phenoxy) is 1. The second kappa shape index (κ2) is 9.02. The van der Waals surface area contributed by atoms with Gasteiger partial charge in [0.15, 0.2) is 6.61 Å². The third kappa shape index (κ3) is 4.96. The second-order valence-electron chi connectivity index (χ2n) is 5.61. The van der Waals surface area contributed by atoms with E-state index in [1.165, 1.54) is 22.7 Å². The van der Waals surface area contributed by atoms with Crippen LogP contribution >= 0.6 is 11.3 Å². The predicted molar refractivity (Wildman–Crippen MR) is 103 cm³/mol. The molecule has 1 aromatic heterocycles. The number of carbonyl (C=O) groups is 1. The summed E-state index contributed by atoms with van der Waals surface area (Å²) in [6.07, 6.45) is 0. The maximum atomic E-state index is 12.5. The summed E-state index contributed by atoms with van der Waals surface area (Å²) in [4.78, 5) is 13.5. The van der Waals surface area contributed by atoms with E-state index in [0.29, 0.717) is 24.5 Å². The van der Waals surface area contributed by atoms with E-state index in [9.17, 15) is 13.2 Å². The van der Waals surface area contributed by atoms with E-state index < -0.39 is 10.0 Å². The number of thiophene rings is 1. The third-order valence-corrected chi connectivity index (χ3v) is 6.95. The minimum absolute atomic E-state index is 0.0666. The molecule has 0 aliphatic carbocycles. The maximum Gasteiger partial charge on any atom is 0.273 e. The van der Waals surface area contributed by atoms with E-state index in [0.717, 1.165) is 0 Å². The summed E-state index contributed by atoms with van der Waals surface area (Å²) < 4.78 is 32.0. The van der Waals surface area contributed by atoms with Crippen molar-refractivity contribution in [2.45, 2.75) is 4.21 Å². The van der Waals surface area contributed by atoms with Crippen LogP contribution in [-0.2, 0) is 14.8 Å². The van der Waals surface area contributed by atoms with Gasteiger partial charge in [-0.25, -0.2) is 8.42 Å². The number of rotatable bonds is 9. The first-order chi connectivity index (χ1) is 12.4. The molecular weight excluding hydrogens is 374 g/mol. The van der Waals surface area contributed by atoms with E-state index >= 15 is 0 Å². The highest BCUT2D eigenvalue weighted by Gasteiger charge is 2.22. The Morgan fingerprint density at radius 3 is 2.46 bits per heavy atom. The largest absolute Gasteiger partial charge is 0.484 e. The van der Waals surface area contributed by atoms with Gasteiger partial charge in [0.1, 0.15) is 9.96 Å². The molecule has 0 fully saturated rings. The zero-order valence-corrected chi connectivity index (χ0v) is 16.6. The molecule has 0 saturated carbocycles. The molecule has 0 unspecified atom stereocenters. The number of benzene rings is 1. The standard InChI is InChI=1S/C17H23N3O4S2/c1-18-10-11-19(2)16(21)13-24-15-8-6-14(7-9-15)20(3)26(22,23)17-5-4-12-25-17/h4-9,12,18H,10-11,13H2,1-3H3. The molecule has 0 spiro atoms. The Balaban J connectivity index is 1.97. The van der Waals surface area contributed by atoms with E-state index in [-0.39, 0.29) is 16.7 Å². The van der Waals surface area contributed by atoms with Crippen molar-refractivity contribution in [3.05, 3.63) is 41.8 Å². The highest BCUT2D eigenvalue weighted by molar-refractivity contribution is 7.94. The SMILES string of the molecule is CNCCN(C)C(=O)COc1ccc(N(C)S(=O)(=O)c2cccs2)cc1. The molecule has 1 heterocycles. The van der Waals surface area contributed by atoms with Crippen molar-refractivity contribution in [2.75, 3.05) is 45.1 Å². The van der Waals surface area contributed by atoms with Crippen LogP contribution in [0.5, 0.6) is 5.75 Å². The summed E-state index contributed by atoms with van der Waals surface area (Å²) in [5.41, 5.74) is 0.517. The topological polar surface area (TPSA) is 79.0 Å². The lowest BCUT2D eigenvalue weighted by molar-refractivity contribution is -0.131. The number of carbonyl (C=O) groups excluding carboxylic acids is 1. The summed E-state index contributed by atoms with van der Waals surface area (Å²) in [5, 5.41) is 4.70. The van der Waals surface area contributed by atoms with Gasteiger partial charge in [-0.05, 0) is 42.8 Å². The number of hydrogen-bond donors (Lipinski definition) is 1. The fourth-order valence-corrected chi connectivity index (χ4v) is 4.45. The number of likely N-dealkylation sites (N-methyl/N-ethyl adjacent to an activating group) is 2. The second-order valence-corrected chi connectivity index (χ2v) is 8.75. The smallest absolute Gasteiger partial charge is 0.273 e. The molecule has 2 rings (SSSR count). The first-order valence-corrected chi connectivity index (χ1v) is 10.3. The first kappa shape index (κ1) is 20.2. The van der Waals surface area contributed by atoms with Crippen molar-refractivity contribution < 1.29 is 17.9 Å². The molecule has 142 valence electrons. The number of sulfonamides is 1. The Bertz CT molecular complexity index is 805. The Labute approximate surface area is 158 Å². The molecule has 2 aromatic rings. The lowest BCUT2D eigenvalue weighted by Gasteiger charge is -2.19. The molecular formula is C17H23N3O4S2. The highest BCUT2D eigenvalue weighted by atomic mass is 32.2. The normalized spacial score (nSPS) is 11.2. The fraction of sp³-hybridized carbons (Fsp3) is 0.353. The molecule has 0 aliphatic heterocycles. The Kier molecular flexibility index (Phi) is 7.01. The van der Waals surface area contributed by atoms with Crippen molar-refractivity contribution >= 4 is 33.0 Å². The number of hydrogen-bond acceptors (Lipinski definition) is 6. The average molecular weight is 398 g/mol. The third-order valence-electron chi connectivity index (χ3n) is 3.80. The van der Waals surface area contributed by atoms with Gasteiger partial charge < -0.3 is 15.0 Å². The average Bonchev–Trinajstić information content (AvgIpc) is 3.19. The molecule has 7 nitrogen and oxygen atoms in total. The van der Waals surface area contributed by atoms with Crippen molar-refractivity contribution in [2.24, 2.45) is 0 Å². The molecule has 0 aliphatic rings. The predicted octanol–water partition coefficient (Wildman–Crippen LogP) is 1.63. The minimum Gasteiger partial charge on any atom is -0.484 e. The van der Waals surface area contributed by atoms with Gasteiger partial charge in [0.05, 0.1) is 5.69 Å². The van der Waals surface area contributed by atoms with Gasteiger partial charge in [-0.1, -0.05) is 6.07 Å². The zero-order chi connectivity index (χ0) is 19.2. The minimum atomic E-state index is -3.56. The van der Waals surface area contributed by atoms with Crippen LogP contribution in [-0.4, -0.2) is 60.1 Å². The summed E-state index contributed by atoms with van der Waals surface area (Å²) in [6, 6.07) is 9.87. The van der Waals surface area contributed by atoms with Gasteiger partial charge in [-0.2, -0.15) is 0 Å². The van der Waals surface area contributed by atoms with Gasteiger partial charge in [0.2, 0.25) is 0 Å². The maximum absolute atomic E-state index is 12.5. The number of anilines is 1. The number of amides is 1. The van der Waals surface area contributed by atoms with Crippen LogP contribution in [0.1, 0.15) is 0 Å². The van der Waals surface area contributed by atoms with Gasteiger partial charge in [0, 0.05) is 27.2 Å². The molecule has 0 saturated heterocycles. The van der Waals surface area contributed by atoms with Gasteiger partial charge in [-0.15, -0.1) is 11.3 Å². The van der Waals surface area contributed by atoms with E-state index in [4.69, 9.17) is 4.74 Å². The molecule has 0 atom stereocenters.